The van der Waals surface area contributed by atoms with E-state index >= 15 is 0 Å². The molecule has 0 fully saturated rings. The van der Waals surface area contributed by atoms with E-state index in [0.29, 0.717) is 35.3 Å². The number of H-pyrrole nitrogens is 1. The van der Waals surface area contributed by atoms with Crippen LogP contribution < -0.4 is 15.0 Å². The summed E-state index contributed by atoms with van der Waals surface area (Å²) in [6.07, 6.45) is 2.41. The second-order valence-electron chi connectivity index (χ2n) is 11.2. The molecule has 0 aliphatic carbocycles. The largest absolute Gasteiger partial charge is 0.489 e. The Kier molecular flexibility index (Phi) is 12.4. The summed E-state index contributed by atoms with van der Waals surface area (Å²) in [6, 6.07) is 32.4. The third-order valence-electron chi connectivity index (χ3n) is 7.73. The molecular formula is C38H38ClN5O5. The molecule has 0 aliphatic heterocycles. The number of aromatic amines is 1. The van der Waals surface area contributed by atoms with Crippen LogP contribution in [0.2, 0.25) is 5.02 Å². The Hall–Kier alpha value is -5.61. The normalized spacial score (nSPS) is 11.3. The third-order valence-corrected chi connectivity index (χ3v) is 8.04. The molecule has 1 atom stereocenters. The highest BCUT2D eigenvalue weighted by Gasteiger charge is 2.30. The van der Waals surface area contributed by atoms with E-state index in [1.54, 1.807) is 30.5 Å². The molecule has 10 nitrogen and oxygen atoms in total. The van der Waals surface area contributed by atoms with Crippen LogP contribution in [0.1, 0.15) is 29.3 Å². The van der Waals surface area contributed by atoms with E-state index < -0.39 is 18.0 Å². The smallest absolute Gasteiger partial charge is 0.408 e. The second-order valence-corrected chi connectivity index (χ2v) is 11.6. The molecule has 49 heavy (non-hydrogen) atoms. The maximum atomic E-state index is 14.4. The average molecular weight is 680 g/mol. The van der Waals surface area contributed by atoms with Crippen molar-refractivity contribution in [3.63, 3.8) is 0 Å². The van der Waals surface area contributed by atoms with Gasteiger partial charge in [0, 0.05) is 31.4 Å². The summed E-state index contributed by atoms with van der Waals surface area (Å²) in [6.45, 7) is 2.43. The van der Waals surface area contributed by atoms with Gasteiger partial charge in [-0.2, -0.15) is 0 Å². The van der Waals surface area contributed by atoms with Gasteiger partial charge in [0.1, 0.15) is 31.5 Å². The van der Waals surface area contributed by atoms with Gasteiger partial charge in [-0.15, -0.1) is 0 Å². The van der Waals surface area contributed by atoms with E-state index in [2.05, 4.69) is 15.3 Å². The number of para-hydroxylation sites is 1. The summed E-state index contributed by atoms with van der Waals surface area (Å²) >= 11 is 6.45. The molecule has 5 aromatic rings. The van der Waals surface area contributed by atoms with Crippen molar-refractivity contribution in [2.75, 3.05) is 18.0 Å². The molecule has 0 radical (unpaired) electrons. The monoisotopic (exact) mass is 679 g/mol. The second kappa shape index (κ2) is 17.5. The lowest BCUT2D eigenvalue weighted by molar-refractivity contribution is -0.137. The van der Waals surface area contributed by atoms with Crippen LogP contribution in [0.5, 0.6) is 5.75 Å². The number of imidazole rings is 1. The van der Waals surface area contributed by atoms with Gasteiger partial charge >= 0.3 is 6.09 Å². The number of nitrogens with one attached hydrogen (secondary N) is 2. The fraction of sp³-hybridized carbons (Fsp3) is 0.211. The number of benzene rings is 4. The maximum absolute atomic E-state index is 14.4. The van der Waals surface area contributed by atoms with E-state index in [4.69, 9.17) is 21.1 Å². The van der Waals surface area contributed by atoms with Crippen molar-refractivity contribution in [3.05, 3.63) is 149 Å². The molecule has 1 unspecified atom stereocenters. The van der Waals surface area contributed by atoms with Gasteiger partial charge in [-0.25, -0.2) is 9.78 Å². The lowest BCUT2D eigenvalue weighted by atomic mass is 10.1. The molecule has 0 spiro atoms. The first-order chi connectivity index (χ1) is 23.9. The fourth-order valence-electron chi connectivity index (χ4n) is 5.21. The van der Waals surface area contributed by atoms with Gasteiger partial charge in [-0.05, 0) is 47.9 Å². The fourth-order valence-corrected chi connectivity index (χ4v) is 5.45. The summed E-state index contributed by atoms with van der Waals surface area (Å²) in [7, 11) is 0. The minimum Gasteiger partial charge on any atom is -0.489 e. The van der Waals surface area contributed by atoms with E-state index in [-0.39, 0.29) is 32.0 Å². The number of carbonyl (C=O) groups is 3. The Bertz CT molecular complexity index is 1790. The Morgan fingerprint density at radius 1 is 0.837 bits per heavy atom. The SMILES string of the molecule is CCN(C(=O)CN(Cc1ccc(OCc2ccccc2)cc1)C(=O)C(Cc1cnc[nH]1)NC(=O)OCc1ccccc1)c1ccccc1Cl. The minimum atomic E-state index is -1.07. The van der Waals surface area contributed by atoms with Crippen molar-refractivity contribution >= 4 is 35.2 Å². The third kappa shape index (κ3) is 10.2. The van der Waals surface area contributed by atoms with Gasteiger partial charge in [0.15, 0.2) is 0 Å². The van der Waals surface area contributed by atoms with Crippen molar-refractivity contribution in [1.82, 2.24) is 20.2 Å². The van der Waals surface area contributed by atoms with Gasteiger partial charge in [0.05, 0.1) is 17.0 Å². The topological polar surface area (TPSA) is 117 Å². The Morgan fingerprint density at radius 2 is 1.49 bits per heavy atom. The number of anilines is 1. The standard InChI is InChI=1S/C38H38ClN5O5/c1-2-44(35-16-10-9-15-33(35)39)36(45)24-43(23-28-17-19-32(20-18-28)48-25-29-11-5-3-6-12-29)37(46)34(21-31-22-40-27-41-31)42-38(47)49-26-30-13-7-4-8-14-30/h3-20,22,27,34H,2,21,23-26H2,1H3,(H,40,41)(H,42,47). The van der Waals surface area contributed by atoms with E-state index in [9.17, 15) is 14.4 Å². The highest BCUT2D eigenvalue weighted by Crippen LogP contribution is 2.26. The summed E-state index contributed by atoms with van der Waals surface area (Å²) < 4.78 is 11.4. The number of rotatable bonds is 15. The van der Waals surface area contributed by atoms with Gasteiger partial charge in [-0.1, -0.05) is 96.5 Å². The minimum absolute atomic E-state index is 0.0296. The lowest BCUT2D eigenvalue weighted by Crippen LogP contribution is -2.52. The van der Waals surface area contributed by atoms with Crippen LogP contribution in [0, 0.1) is 0 Å². The van der Waals surface area contributed by atoms with E-state index in [0.717, 1.165) is 16.7 Å². The summed E-state index contributed by atoms with van der Waals surface area (Å²) in [5, 5.41) is 3.14. The average Bonchev–Trinajstić information content (AvgIpc) is 3.65. The molecule has 4 aromatic carbocycles. The lowest BCUT2D eigenvalue weighted by Gasteiger charge is -2.30. The van der Waals surface area contributed by atoms with Gasteiger partial charge in [0.2, 0.25) is 11.8 Å². The van der Waals surface area contributed by atoms with Gasteiger partial charge < -0.3 is 29.6 Å². The highest BCUT2D eigenvalue weighted by atomic mass is 35.5. The van der Waals surface area contributed by atoms with Gasteiger partial charge in [0.25, 0.3) is 0 Å². The number of nitrogens with zero attached hydrogens (tertiary/aromatic N) is 3. The molecule has 0 aliphatic rings. The van der Waals surface area contributed by atoms with Gasteiger partial charge in [-0.3, -0.25) is 9.59 Å². The molecule has 1 heterocycles. The van der Waals surface area contributed by atoms with Crippen LogP contribution in [-0.2, 0) is 40.5 Å². The first kappa shape index (κ1) is 34.7. The number of amides is 3. The molecule has 5 rings (SSSR count). The molecule has 252 valence electrons. The quantitative estimate of drug-likeness (QED) is 0.129. The molecule has 0 saturated carbocycles. The number of carbonyl (C=O) groups excluding carboxylic acids is 3. The molecule has 11 heteroatoms. The summed E-state index contributed by atoms with van der Waals surface area (Å²) in [5.41, 5.74) is 3.77. The van der Waals surface area contributed by atoms with Crippen molar-refractivity contribution in [2.45, 2.75) is 39.1 Å². The van der Waals surface area contributed by atoms with E-state index in [1.165, 1.54) is 16.1 Å². The predicted molar refractivity (Wildman–Crippen MR) is 188 cm³/mol. The number of ether oxygens (including phenoxy) is 2. The number of halogens is 1. The summed E-state index contributed by atoms with van der Waals surface area (Å²) in [4.78, 5) is 51.2. The van der Waals surface area contributed by atoms with Crippen LogP contribution in [0.3, 0.4) is 0 Å². The van der Waals surface area contributed by atoms with E-state index in [1.807, 2.05) is 91.9 Å². The van der Waals surface area contributed by atoms with Crippen LogP contribution in [0.15, 0.2) is 122 Å². The van der Waals surface area contributed by atoms with Crippen LogP contribution in [-0.4, -0.2) is 51.9 Å². The first-order valence-corrected chi connectivity index (χ1v) is 16.3. The molecule has 2 N–H and O–H groups in total. The zero-order valence-corrected chi connectivity index (χ0v) is 27.9. The molecule has 1 aromatic heterocycles. The Balaban J connectivity index is 1.36. The zero-order valence-electron chi connectivity index (χ0n) is 27.1. The number of alkyl carbamates (subject to hydrolysis) is 1. The Labute approximate surface area is 290 Å². The van der Waals surface area contributed by atoms with Crippen molar-refractivity contribution in [1.29, 1.82) is 0 Å². The Morgan fingerprint density at radius 3 is 2.12 bits per heavy atom. The van der Waals surface area contributed by atoms with Crippen molar-refractivity contribution in [2.24, 2.45) is 0 Å². The summed E-state index contributed by atoms with van der Waals surface area (Å²) in [5.74, 6) is -0.143. The van der Waals surface area contributed by atoms with Crippen LogP contribution in [0.4, 0.5) is 10.5 Å². The number of aromatic nitrogens is 2. The van der Waals surface area contributed by atoms with Crippen LogP contribution in [0.25, 0.3) is 0 Å². The number of hydrogen-bond donors (Lipinski definition) is 2. The van der Waals surface area contributed by atoms with Crippen LogP contribution >= 0.6 is 11.6 Å². The number of hydrogen-bond acceptors (Lipinski definition) is 6. The first-order valence-electron chi connectivity index (χ1n) is 15.9. The number of likely N-dealkylation sites (N-methyl/N-ethyl adjacent to an activating group) is 1. The maximum Gasteiger partial charge on any atom is 0.408 e. The molecule has 0 saturated heterocycles. The van der Waals surface area contributed by atoms with Crippen molar-refractivity contribution < 1.29 is 23.9 Å². The predicted octanol–water partition coefficient (Wildman–Crippen LogP) is 6.56. The molecule has 3 amide bonds. The zero-order chi connectivity index (χ0) is 34.4. The molecular weight excluding hydrogens is 642 g/mol. The molecule has 0 bridgehead atoms. The highest BCUT2D eigenvalue weighted by molar-refractivity contribution is 6.33. The van der Waals surface area contributed by atoms with Crippen molar-refractivity contribution in [3.8, 4) is 5.75 Å².